The van der Waals surface area contributed by atoms with Crippen LogP contribution < -0.4 is 19.5 Å². The maximum atomic E-state index is 12.4. The summed E-state index contributed by atoms with van der Waals surface area (Å²) in [5.41, 5.74) is 1.04. The average molecular weight is 410 g/mol. The Hall–Kier alpha value is -4.14. The van der Waals surface area contributed by atoms with E-state index in [4.69, 9.17) is 14.2 Å². The number of non-ortho nitro benzene ring substituents is 1. The van der Waals surface area contributed by atoms with E-state index in [1.807, 2.05) is 0 Å². The molecule has 30 heavy (non-hydrogen) atoms. The largest absolute Gasteiger partial charge is 0.493 e. The topological polar surface area (TPSA) is 117 Å². The fourth-order valence-electron chi connectivity index (χ4n) is 3.02. The van der Waals surface area contributed by atoms with Gasteiger partial charge in [0.2, 0.25) is 5.75 Å². The van der Waals surface area contributed by atoms with E-state index >= 15 is 0 Å². The van der Waals surface area contributed by atoms with E-state index in [0.29, 0.717) is 28.4 Å². The zero-order valence-corrected chi connectivity index (χ0v) is 16.4. The first-order valence-electron chi connectivity index (χ1n) is 8.71. The number of nitrogens with zero attached hydrogens (tertiary/aromatic N) is 1. The minimum atomic E-state index is -0.592. The molecule has 1 saturated heterocycles. The van der Waals surface area contributed by atoms with Crippen molar-refractivity contribution < 1.29 is 28.7 Å². The fraction of sp³-hybridized carbons (Fsp3) is 0.143. The number of hydrogen-bond donors (Lipinski definition) is 1. The number of nitro benzene ring substituents is 1. The van der Waals surface area contributed by atoms with Crippen molar-refractivity contribution in [2.75, 3.05) is 21.3 Å². The predicted octanol–water partition coefficient (Wildman–Crippen LogP) is 2.74. The van der Waals surface area contributed by atoms with Gasteiger partial charge in [-0.1, -0.05) is 12.1 Å². The first-order chi connectivity index (χ1) is 14.4. The molecular formula is C21H18N2O7. The molecule has 9 nitrogen and oxygen atoms in total. The van der Waals surface area contributed by atoms with Crippen LogP contribution in [0.25, 0.3) is 12.2 Å². The molecule has 9 heteroatoms. The van der Waals surface area contributed by atoms with Crippen LogP contribution in [0.1, 0.15) is 11.1 Å². The molecular weight excluding hydrogens is 392 g/mol. The zero-order chi connectivity index (χ0) is 21.8. The number of rotatable bonds is 6. The van der Waals surface area contributed by atoms with Crippen molar-refractivity contribution in [3.8, 4) is 17.2 Å². The van der Waals surface area contributed by atoms with Crippen molar-refractivity contribution in [2.45, 2.75) is 0 Å². The quantitative estimate of drug-likeness (QED) is 0.337. The molecule has 0 radical (unpaired) electrons. The van der Waals surface area contributed by atoms with Gasteiger partial charge in [-0.05, 0) is 35.4 Å². The number of amides is 2. The van der Waals surface area contributed by atoms with Crippen LogP contribution in [0.15, 0.2) is 47.5 Å². The van der Waals surface area contributed by atoms with E-state index in [1.165, 1.54) is 51.7 Å². The van der Waals surface area contributed by atoms with Gasteiger partial charge in [-0.25, -0.2) is 0 Å². The molecule has 1 N–H and O–H groups in total. The first kappa shape index (κ1) is 20.6. The van der Waals surface area contributed by atoms with Gasteiger partial charge in [0.1, 0.15) is 0 Å². The lowest BCUT2D eigenvalue weighted by atomic mass is 10.0. The van der Waals surface area contributed by atoms with Crippen molar-refractivity contribution in [2.24, 2.45) is 0 Å². The maximum Gasteiger partial charge on any atom is 0.270 e. The minimum absolute atomic E-state index is 0.0919. The van der Waals surface area contributed by atoms with E-state index in [9.17, 15) is 19.7 Å². The molecule has 1 aliphatic rings. The number of benzene rings is 2. The monoisotopic (exact) mass is 410 g/mol. The lowest BCUT2D eigenvalue weighted by molar-refractivity contribution is -0.384. The molecule has 2 amide bonds. The zero-order valence-electron chi connectivity index (χ0n) is 16.4. The number of hydrogen-bond acceptors (Lipinski definition) is 7. The summed E-state index contributed by atoms with van der Waals surface area (Å²) < 4.78 is 15.9. The second-order valence-electron chi connectivity index (χ2n) is 6.21. The molecule has 0 unspecified atom stereocenters. The van der Waals surface area contributed by atoms with Gasteiger partial charge in [-0.2, -0.15) is 0 Å². The summed E-state index contributed by atoms with van der Waals surface area (Å²) in [6.45, 7) is 0. The molecule has 2 aromatic carbocycles. The van der Waals surface area contributed by atoms with E-state index < -0.39 is 16.7 Å². The fourth-order valence-corrected chi connectivity index (χ4v) is 3.02. The average Bonchev–Trinajstić information content (AvgIpc) is 3.00. The predicted molar refractivity (Wildman–Crippen MR) is 108 cm³/mol. The van der Waals surface area contributed by atoms with Gasteiger partial charge in [0.15, 0.2) is 11.5 Å². The lowest BCUT2D eigenvalue weighted by Crippen LogP contribution is -2.19. The van der Waals surface area contributed by atoms with Crippen molar-refractivity contribution in [3.05, 3.63) is 68.8 Å². The molecule has 0 aromatic heterocycles. The number of methoxy groups -OCH3 is 3. The molecule has 0 bridgehead atoms. The van der Waals surface area contributed by atoms with Crippen LogP contribution in [0, 0.1) is 10.1 Å². The number of ether oxygens (including phenoxy) is 3. The second-order valence-corrected chi connectivity index (χ2v) is 6.21. The van der Waals surface area contributed by atoms with E-state index in [-0.39, 0.29) is 16.8 Å². The van der Waals surface area contributed by atoms with Gasteiger partial charge >= 0.3 is 0 Å². The Labute approximate surface area is 171 Å². The van der Waals surface area contributed by atoms with Gasteiger partial charge < -0.3 is 14.2 Å². The summed E-state index contributed by atoms with van der Waals surface area (Å²) in [6.07, 6.45) is 2.94. The molecule has 2 aromatic rings. The highest BCUT2D eigenvalue weighted by atomic mass is 16.6. The Balaban J connectivity index is 2.10. The molecule has 0 aliphatic carbocycles. The van der Waals surface area contributed by atoms with Crippen LogP contribution >= 0.6 is 0 Å². The van der Waals surface area contributed by atoms with Crippen molar-refractivity contribution >= 4 is 29.7 Å². The Morgan fingerprint density at radius 2 is 1.43 bits per heavy atom. The summed E-state index contributed by atoms with van der Waals surface area (Å²) in [7, 11) is 4.41. The van der Waals surface area contributed by atoms with Gasteiger partial charge in [-0.15, -0.1) is 0 Å². The molecule has 0 spiro atoms. The van der Waals surface area contributed by atoms with Crippen LogP contribution in [0.5, 0.6) is 17.2 Å². The summed E-state index contributed by atoms with van der Waals surface area (Å²) >= 11 is 0. The minimum Gasteiger partial charge on any atom is -0.493 e. The van der Waals surface area contributed by atoms with Gasteiger partial charge in [0, 0.05) is 12.1 Å². The number of nitrogens with one attached hydrogen (secondary N) is 1. The Kier molecular flexibility index (Phi) is 5.82. The van der Waals surface area contributed by atoms with E-state index in [2.05, 4.69) is 5.32 Å². The van der Waals surface area contributed by atoms with Gasteiger partial charge in [0.25, 0.3) is 17.5 Å². The van der Waals surface area contributed by atoms with E-state index in [0.717, 1.165) is 0 Å². The molecule has 1 fully saturated rings. The summed E-state index contributed by atoms with van der Waals surface area (Å²) in [5.74, 6) is -0.00705. The number of carbonyl (C=O) groups excluding carboxylic acids is 2. The summed E-state index contributed by atoms with van der Waals surface area (Å²) in [5, 5.41) is 13.2. The molecule has 1 aliphatic heterocycles. The number of carbonyl (C=O) groups is 2. The van der Waals surface area contributed by atoms with Gasteiger partial charge in [0.05, 0.1) is 37.4 Å². The SMILES string of the molecule is COc1cc(/C=C2/C(=O)NC(=O)/C2=C/c2cccc([N+](=O)[O-])c2)cc(OC)c1OC. The Bertz CT molecular complexity index is 1080. The lowest BCUT2D eigenvalue weighted by Gasteiger charge is -2.13. The molecule has 1 heterocycles. The molecule has 0 atom stereocenters. The third kappa shape index (κ3) is 4.00. The van der Waals surface area contributed by atoms with Crippen molar-refractivity contribution in [1.82, 2.24) is 5.32 Å². The van der Waals surface area contributed by atoms with Crippen LogP contribution in [0.4, 0.5) is 5.69 Å². The third-order valence-electron chi connectivity index (χ3n) is 4.40. The van der Waals surface area contributed by atoms with Crippen LogP contribution in [0.2, 0.25) is 0 Å². The number of imide groups is 1. The second kappa shape index (κ2) is 8.48. The van der Waals surface area contributed by atoms with E-state index in [1.54, 1.807) is 18.2 Å². The summed E-state index contributed by atoms with van der Waals surface area (Å²) in [6, 6.07) is 9.04. The van der Waals surface area contributed by atoms with Gasteiger partial charge in [-0.3, -0.25) is 25.0 Å². The molecule has 154 valence electrons. The van der Waals surface area contributed by atoms with Crippen molar-refractivity contribution in [1.29, 1.82) is 0 Å². The Morgan fingerprint density at radius 1 is 0.867 bits per heavy atom. The van der Waals surface area contributed by atoms with Crippen LogP contribution in [0.3, 0.4) is 0 Å². The third-order valence-corrected chi connectivity index (χ3v) is 4.40. The van der Waals surface area contributed by atoms with Crippen LogP contribution in [-0.2, 0) is 9.59 Å². The highest BCUT2D eigenvalue weighted by Crippen LogP contribution is 2.39. The maximum absolute atomic E-state index is 12.4. The smallest absolute Gasteiger partial charge is 0.270 e. The normalized spacial score (nSPS) is 16.0. The highest BCUT2D eigenvalue weighted by molar-refractivity contribution is 6.28. The molecule has 0 saturated carbocycles. The first-order valence-corrected chi connectivity index (χ1v) is 8.71. The van der Waals surface area contributed by atoms with Crippen molar-refractivity contribution in [3.63, 3.8) is 0 Å². The Morgan fingerprint density at radius 3 is 1.93 bits per heavy atom. The standard InChI is InChI=1S/C21H18N2O7/c1-28-17-10-13(11-18(29-2)19(17)30-3)9-16-15(20(24)22-21(16)25)8-12-5-4-6-14(7-12)23(26)27/h4-11H,1-3H3,(H,22,24,25)/b15-8+,16-9+. The number of nitro groups is 1. The van der Waals surface area contributed by atoms with Crippen LogP contribution in [-0.4, -0.2) is 38.1 Å². The highest BCUT2D eigenvalue weighted by Gasteiger charge is 2.30. The summed E-state index contributed by atoms with van der Waals surface area (Å²) in [4.78, 5) is 35.1. The molecule has 3 rings (SSSR count).